The number of nitrogens with two attached hydrogens (primary N) is 1. The van der Waals surface area contributed by atoms with E-state index >= 15 is 0 Å². The number of fused-ring (bicyclic) bond motifs is 1. The summed E-state index contributed by atoms with van der Waals surface area (Å²) < 4.78 is 35.3. The van der Waals surface area contributed by atoms with Crippen LogP contribution in [0, 0.1) is 11.6 Å². The first-order valence-corrected chi connectivity index (χ1v) is 10.3. The number of carbonyl (C=O) groups excluding carboxylic acids is 1. The highest BCUT2D eigenvalue weighted by Crippen LogP contribution is 2.37. The smallest absolute Gasteiger partial charge is 0.249 e. The van der Waals surface area contributed by atoms with E-state index in [1.807, 2.05) is 13.8 Å². The van der Waals surface area contributed by atoms with Gasteiger partial charge in [0.2, 0.25) is 5.91 Å². The van der Waals surface area contributed by atoms with Crippen molar-refractivity contribution in [2.24, 2.45) is 5.73 Å². The van der Waals surface area contributed by atoms with Gasteiger partial charge in [0.15, 0.2) is 0 Å². The molecule has 0 saturated carbocycles. The summed E-state index contributed by atoms with van der Waals surface area (Å²) in [6.07, 6.45) is 1.44. The summed E-state index contributed by atoms with van der Waals surface area (Å²) in [5.74, 6) is -1.71. The zero-order valence-electron chi connectivity index (χ0n) is 18.4. The second-order valence-corrected chi connectivity index (χ2v) is 7.90. The van der Waals surface area contributed by atoms with E-state index in [1.54, 1.807) is 18.2 Å². The number of nitrogens with one attached hydrogen (secondary N) is 2. The summed E-state index contributed by atoms with van der Waals surface area (Å²) in [5.41, 5.74) is 7.38. The SMILES string of the molecule is COc1cccc(C(N)=O)c1-c1n[nH]c2cnc(-c3c(F)cc(CNC(C)C)cc3F)cc12. The second-order valence-electron chi connectivity index (χ2n) is 7.90. The third-order valence-electron chi connectivity index (χ3n) is 5.27. The quantitative estimate of drug-likeness (QED) is 0.391. The fraction of sp³-hybridized carbons (Fsp3) is 0.208. The van der Waals surface area contributed by atoms with Gasteiger partial charge >= 0.3 is 0 Å². The lowest BCUT2D eigenvalue weighted by Crippen LogP contribution is -2.22. The van der Waals surface area contributed by atoms with E-state index in [-0.39, 0.29) is 22.9 Å². The van der Waals surface area contributed by atoms with E-state index in [9.17, 15) is 13.6 Å². The highest BCUT2D eigenvalue weighted by atomic mass is 19.1. The molecule has 0 unspecified atom stereocenters. The molecule has 0 radical (unpaired) electrons. The molecule has 2 heterocycles. The molecule has 4 N–H and O–H groups in total. The number of aromatic nitrogens is 3. The number of ether oxygens (including phenoxy) is 1. The van der Waals surface area contributed by atoms with Crippen LogP contribution in [0.15, 0.2) is 42.6 Å². The molecule has 4 rings (SSSR count). The van der Waals surface area contributed by atoms with Gasteiger partial charge < -0.3 is 15.8 Å². The minimum Gasteiger partial charge on any atom is -0.496 e. The Morgan fingerprint density at radius 1 is 1.18 bits per heavy atom. The van der Waals surface area contributed by atoms with Gasteiger partial charge in [0, 0.05) is 18.0 Å². The van der Waals surface area contributed by atoms with Gasteiger partial charge in [-0.25, -0.2) is 8.78 Å². The first-order valence-electron chi connectivity index (χ1n) is 10.3. The summed E-state index contributed by atoms with van der Waals surface area (Å²) >= 11 is 0. The lowest BCUT2D eigenvalue weighted by Gasteiger charge is -2.12. The van der Waals surface area contributed by atoms with Gasteiger partial charge in [-0.3, -0.25) is 14.9 Å². The van der Waals surface area contributed by atoms with E-state index in [0.717, 1.165) is 0 Å². The minimum atomic E-state index is -0.720. The van der Waals surface area contributed by atoms with E-state index in [2.05, 4.69) is 20.5 Å². The molecule has 0 spiro atoms. The van der Waals surface area contributed by atoms with Crippen molar-refractivity contribution in [3.8, 4) is 28.3 Å². The van der Waals surface area contributed by atoms with Crippen LogP contribution in [-0.2, 0) is 6.54 Å². The van der Waals surface area contributed by atoms with E-state index < -0.39 is 17.5 Å². The van der Waals surface area contributed by atoms with Gasteiger partial charge in [0.1, 0.15) is 23.1 Å². The summed E-state index contributed by atoms with van der Waals surface area (Å²) in [4.78, 5) is 16.3. The van der Waals surface area contributed by atoms with E-state index in [4.69, 9.17) is 10.5 Å². The molecule has 0 fully saturated rings. The highest BCUT2D eigenvalue weighted by molar-refractivity contribution is 6.05. The Bertz CT molecular complexity index is 1330. The van der Waals surface area contributed by atoms with E-state index in [0.29, 0.717) is 40.0 Å². The number of H-pyrrole nitrogens is 1. The predicted molar refractivity (Wildman–Crippen MR) is 122 cm³/mol. The lowest BCUT2D eigenvalue weighted by atomic mass is 9.99. The lowest BCUT2D eigenvalue weighted by molar-refractivity contribution is 0.100. The van der Waals surface area contributed by atoms with Crippen molar-refractivity contribution in [3.05, 3.63) is 65.4 Å². The number of carbonyl (C=O) groups is 1. The number of methoxy groups -OCH3 is 1. The fourth-order valence-electron chi connectivity index (χ4n) is 3.69. The number of hydrogen-bond donors (Lipinski definition) is 3. The van der Waals surface area contributed by atoms with Gasteiger partial charge in [-0.1, -0.05) is 19.9 Å². The average molecular weight is 451 g/mol. The van der Waals surface area contributed by atoms with Crippen LogP contribution in [0.25, 0.3) is 33.4 Å². The molecule has 7 nitrogen and oxygen atoms in total. The molecular formula is C24H23F2N5O2. The number of benzene rings is 2. The molecule has 9 heteroatoms. The number of pyridine rings is 1. The monoisotopic (exact) mass is 451 g/mol. The molecule has 0 saturated heterocycles. The Balaban J connectivity index is 1.86. The normalized spacial score (nSPS) is 11.3. The average Bonchev–Trinajstić information content (AvgIpc) is 3.19. The maximum Gasteiger partial charge on any atom is 0.249 e. The van der Waals surface area contributed by atoms with Crippen LogP contribution in [0.2, 0.25) is 0 Å². The Morgan fingerprint density at radius 2 is 1.91 bits per heavy atom. The maximum absolute atomic E-state index is 14.9. The van der Waals surface area contributed by atoms with Gasteiger partial charge in [-0.15, -0.1) is 0 Å². The van der Waals surface area contributed by atoms with Crippen LogP contribution in [0.1, 0.15) is 29.8 Å². The number of aromatic amines is 1. The Labute approximate surface area is 189 Å². The Morgan fingerprint density at radius 3 is 2.55 bits per heavy atom. The molecule has 0 aliphatic carbocycles. The van der Waals surface area contributed by atoms with Crippen LogP contribution in [0.5, 0.6) is 5.75 Å². The van der Waals surface area contributed by atoms with Crippen molar-refractivity contribution in [2.45, 2.75) is 26.4 Å². The Hall–Kier alpha value is -3.85. The molecule has 2 aromatic carbocycles. The summed E-state index contributed by atoms with van der Waals surface area (Å²) in [7, 11) is 1.46. The molecule has 0 aliphatic heterocycles. The number of nitrogens with zero attached hydrogens (tertiary/aromatic N) is 2. The van der Waals surface area contributed by atoms with Crippen LogP contribution < -0.4 is 15.8 Å². The molecule has 33 heavy (non-hydrogen) atoms. The predicted octanol–water partition coefficient (Wildman–Crippen LogP) is 4.18. The van der Waals surface area contributed by atoms with E-state index in [1.165, 1.54) is 31.5 Å². The minimum absolute atomic E-state index is 0.0963. The molecule has 0 atom stereocenters. The van der Waals surface area contributed by atoms with Crippen molar-refractivity contribution in [3.63, 3.8) is 0 Å². The fourth-order valence-corrected chi connectivity index (χ4v) is 3.69. The highest BCUT2D eigenvalue weighted by Gasteiger charge is 2.22. The molecule has 4 aromatic rings. The third-order valence-corrected chi connectivity index (χ3v) is 5.27. The standard InChI is InChI=1S/C24H23F2N5O2/c1-12(2)28-10-13-7-16(25)22(17(26)8-13)18-9-15-19(11-29-18)30-31-23(15)21-14(24(27)32)5-4-6-20(21)33-3/h4-9,11-12,28H,10H2,1-3H3,(H2,27,32)(H,30,31). The van der Waals surface area contributed by atoms with Crippen LogP contribution in [-0.4, -0.2) is 34.2 Å². The first-order chi connectivity index (χ1) is 15.8. The number of halogens is 2. The zero-order chi connectivity index (χ0) is 23.7. The molecule has 0 aliphatic rings. The van der Waals surface area contributed by atoms with Crippen molar-refractivity contribution >= 4 is 16.8 Å². The third kappa shape index (κ3) is 4.27. The zero-order valence-corrected chi connectivity index (χ0v) is 18.4. The van der Waals surface area contributed by atoms with Crippen molar-refractivity contribution < 1.29 is 18.3 Å². The maximum atomic E-state index is 14.9. The summed E-state index contributed by atoms with van der Waals surface area (Å²) in [6.45, 7) is 4.25. The summed E-state index contributed by atoms with van der Waals surface area (Å²) in [5, 5.41) is 10.8. The van der Waals surface area contributed by atoms with Crippen molar-refractivity contribution in [1.82, 2.24) is 20.5 Å². The molecular weight excluding hydrogens is 428 g/mol. The van der Waals surface area contributed by atoms with Crippen LogP contribution >= 0.6 is 0 Å². The molecule has 2 aromatic heterocycles. The second kappa shape index (κ2) is 8.95. The number of amides is 1. The largest absolute Gasteiger partial charge is 0.496 e. The molecule has 170 valence electrons. The van der Waals surface area contributed by atoms with Crippen molar-refractivity contribution in [2.75, 3.05) is 7.11 Å². The van der Waals surface area contributed by atoms with Gasteiger partial charge in [0.05, 0.1) is 41.2 Å². The molecule has 1 amide bonds. The Kier molecular flexibility index (Phi) is 6.06. The number of primary amides is 1. The van der Waals surface area contributed by atoms with Gasteiger partial charge in [0.25, 0.3) is 0 Å². The van der Waals surface area contributed by atoms with Gasteiger partial charge in [-0.2, -0.15) is 5.10 Å². The topological polar surface area (TPSA) is 106 Å². The molecule has 0 bridgehead atoms. The first kappa shape index (κ1) is 22.3. The number of rotatable bonds is 7. The van der Waals surface area contributed by atoms with Gasteiger partial charge in [-0.05, 0) is 35.9 Å². The van der Waals surface area contributed by atoms with Crippen LogP contribution in [0.3, 0.4) is 0 Å². The summed E-state index contributed by atoms with van der Waals surface area (Å²) in [6, 6.07) is 9.17. The van der Waals surface area contributed by atoms with Crippen LogP contribution in [0.4, 0.5) is 8.78 Å². The number of hydrogen-bond acceptors (Lipinski definition) is 5. The van der Waals surface area contributed by atoms with Crippen molar-refractivity contribution in [1.29, 1.82) is 0 Å².